The molecule has 4 rings (SSSR count). The molecule has 0 radical (unpaired) electrons. The first-order valence-corrected chi connectivity index (χ1v) is 10.1. The van der Waals surface area contributed by atoms with Crippen LogP contribution in [0.25, 0.3) is 11.0 Å². The molecule has 2 aromatic heterocycles. The highest BCUT2D eigenvalue weighted by Gasteiger charge is 2.42. The number of aromatic amines is 1. The Hall–Kier alpha value is -2.55. The number of carbonyl (C=O) groups excluding carboxylic acids is 1. The lowest BCUT2D eigenvalue weighted by atomic mass is 10.2. The van der Waals surface area contributed by atoms with E-state index in [-0.39, 0.29) is 28.8 Å². The molecule has 0 saturated heterocycles. The van der Waals surface area contributed by atoms with E-state index in [0.29, 0.717) is 6.42 Å². The first-order valence-electron chi connectivity index (χ1n) is 9.32. The number of amides is 1. The van der Waals surface area contributed by atoms with E-state index >= 15 is 0 Å². The molecule has 1 amide bonds. The Bertz CT molecular complexity index is 981. The Morgan fingerprint density at radius 1 is 1.34 bits per heavy atom. The molecule has 2 heterocycles. The van der Waals surface area contributed by atoms with Gasteiger partial charge in [-0.1, -0.05) is 12.1 Å². The van der Waals surface area contributed by atoms with Crippen molar-refractivity contribution in [2.24, 2.45) is 5.92 Å². The molecule has 1 saturated carbocycles. The number of carbonyl (C=O) groups is 1. The average Bonchev–Trinajstić information content (AvgIpc) is 3.08. The molecule has 9 heteroatoms. The number of ether oxygens (including phenoxy) is 1. The summed E-state index contributed by atoms with van der Waals surface area (Å²) in [7, 11) is 0. The van der Waals surface area contributed by atoms with Crippen LogP contribution in [0.5, 0.6) is 5.06 Å². The molecular weight excluding hydrogens is 403 g/mol. The second-order valence-electron chi connectivity index (χ2n) is 7.30. The van der Waals surface area contributed by atoms with Gasteiger partial charge < -0.3 is 15.0 Å². The second kappa shape index (κ2) is 7.70. The molecule has 0 unspecified atom stereocenters. The zero-order chi connectivity index (χ0) is 20.6. The van der Waals surface area contributed by atoms with Gasteiger partial charge in [0.05, 0.1) is 17.1 Å². The standard InChI is InChI=1S/C20H20F3N3O2S/c1-11(16-6-7-18(29-16)28-10-20(21,22)23)24-17(27)9-12-8-13(12)19-25-14-4-2-3-5-15(14)26-19/h2-7,11-13H,8-10H2,1H3,(H,24,27)(H,25,26)/t11-,12+,13+/m0/s1. The van der Waals surface area contributed by atoms with Crippen LogP contribution in [0.2, 0.25) is 0 Å². The third-order valence-corrected chi connectivity index (χ3v) is 6.09. The van der Waals surface area contributed by atoms with Crippen molar-refractivity contribution in [3.8, 4) is 5.06 Å². The number of nitrogens with one attached hydrogen (secondary N) is 2. The molecule has 1 fully saturated rings. The first kappa shape index (κ1) is 19.8. The molecule has 1 aliphatic rings. The van der Waals surface area contributed by atoms with Crippen molar-refractivity contribution in [3.05, 3.63) is 47.1 Å². The Kier molecular flexibility index (Phi) is 5.24. The minimum absolute atomic E-state index is 0.0766. The molecular formula is C20H20F3N3O2S. The number of rotatable bonds is 7. The molecule has 0 spiro atoms. The normalized spacial score (nSPS) is 19.9. The highest BCUT2D eigenvalue weighted by Crippen LogP contribution is 2.48. The van der Waals surface area contributed by atoms with Crippen LogP contribution in [-0.4, -0.2) is 28.7 Å². The minimum Gasteiger partial charge on any atom is -0.475 e. The number of nitrogens with zero attached hydrogens (tertiary/aromatic N) is 1. The summed E-state index contributed by atoms with van der Waals surface area (Å²) in [4.78, 5) is 21.0. The van der Waals surface area contributed by atoms with Crippen LogP contribution in [0.3, 0.4) is 0 Å². The van der Waals surface area contributed by atoms with Crippen molar-refractivity contribution in [2.45, 2.75) is 37.9 Å². The predicted octanol–water partition coefficient (Wildman–Crippen LogP) is 4.94. The summed E-state index contributed by atoms with van der Waals surface area (Å²) >= 11 is 1.11. The maximum absolute atomic E-state index is 12.4. The SMILES string of the molecule is C[C@H](NC(=O)C[C@H]1C[C@H]1c1nc2ccccc2[nH]1)c1ccc(OCC(F)(F)F)s1. The van der Waals surface area contributed by atoms with Crippen LogP contribution in [0, 0.1) is 5.92 Å². The Morgan fingerprint density at radius 3 is 2.90 bits per heavy atom. The van der Waals surface area contributed by atoms with Gasteiger partial charge >= 0.3 is 6.18 Å². The van der Waals surface area contributed by atoms with Crippen LogP contribution in [0.1, 0.15) is 42.4 Å². The zero-order valence-corrected chi connectivity index (χ0v) is 16.4. The fraction of sp³-hybridized carbons (Fsp3) is 0.400. The molecule has 5 nitrogen and oxygen atoms in total. The lowest BCUT2D eigenvalue weighted by Crippen LogP contribution is -2.26. The molecule has 3 atom stereocenters. The maximum Gasteiger partial charge on any atom is 0.422 e. The number of fused-ring (bicyclic) bond motifs is 1. The number of alkyl halides is 3. The summed E-state index contributed by atoms with van der Waals surface area (Å²) in [6.45, 7) is 0.486. The van der Waals surface area contributed by atoms with Gasteiger partial charge in [0, 0.05) is 17.2 Å². The van der Waals surface area contributed by atoms with E-state index in [4.69, 9.17) is 4.74 Å². The van der Waals surface area contributed by atoms with Gasteiger partial charge in [0.15, 0.2) is 11.7 Å². The van der Waals surface area contributed by atoms with Gasteiger partial charge in [-0.2, -0.15) is 13.2 Å². The Labute approximate surface area is 169 Å². The van der Waals surface area contributed by atoms with E-state index in [9.17, 15) is 18.0 Å². The van der Waals surface area contributed by atoms with Crippen molar-refractivity contribution in [1.82, 2.24) is 15.3 Å². The third kappa shape index (κ3) is 4.90. The van der Waals surface area contributed by atoms with Crippen molar-refractivity contribution in [1.29, 1.82) is 0 Å². The van der Waals surface area contributed by atoms with E-state index in [2.05, 4.69) is 15.3 Å². The van der Waals surface area contributed by atoms with Crippen LogP contribution in [0.15, 0.2) is 36.4 Å². The summed E-state index contributed by atoms with van der Waals surface area (Å²) < 4.78 is 41.4. The number of H-pyrrole nitrogens is 1. The molecule has 154 valence electrons. The van der Waals surface area contributed by atoms with E-state index in [1.165, 1.54) is 6.07 Å². The number of para-hydroxylation sites is 2. The largest absolute Gasteiger partial charge is 0.475 e. The van der Waals surface area contributed by atoms with Crippen LogP contribution >= 0.6 is 11.3 Å². The van der Waals surface area contributed by atoms with Crippen LogP contribution in [-0.2, 0) is 4.79 Å². The van der Waals surface area contributed by atoms with Gasteiger partial charge in [0.25, 0.3) is 0 Å². The lowest BCUT2D eigenvalue weighted by Gasteiger charge is -2.12. The van der Waals surface area contributed by atoms with Gasteiger partial charge in [-0.05, 0) is 43.5 Å². The summed E-state index contributed by atoms with van der Waals surface area (Å²) in [6, 6.07) is 10.7. The van der Waals surface area contributed by atoms with E-state index in [1.807, 2.05) is 24.3 Å². The number of thiophene rings is 1. The second-order valence-corrected chi connectivity index (χ2v) is 8.37. The van der Waals surface area contributed by atoms with Crippen molar-refractivity contribution in [2.75, 3.05) is 6.61 Å². The zero-order valence-electron chi connectivity index (χ0n) is 15.6. The molecule has 0 aliphatic heterocycles. The number of aromatic nitrogens is 2. The van der Waals surface area contributed by atoms with E-state index < -0.39 is 12.8 Å². The minimum atomic E-state index is -4.37. The van der Waals surface area contributed by atoms with Crippen molar-refractivity contribution in [3.63, 3.8) is 0 Å². The average molecular weight is 423 g/mol. The first-order chi connectivity index (χ1) is 13.8. The number of hydrogen-bond acceptors (Lipinski definition) is 4. The van der Waals surface area contributed by atoms with Crippen LogP contribution < -0.4 is 10.1 Å². The smallest absolute Gasteiger partial charge is 0.422 e. The quantitative estimate of drug-likeness (QED) is 0.566. The van der Waals surface area contributed by atoms with Crippen LogP contribution in [0.4, 0.5) is 13.2 Å². The maximum atomic E-state index is 12.4. The van der Waals surface area contributed by atoms with E-state index in [0.717, 1.165) is 39.5 Å². The van der Waals surface area contributed by atoms with Gasteiger partial charge in [-0.25, -0.2) is 4.98 Å². The van der Waals surface area contributed by atoms with Crippen molar-refractivity contribution < 1.29 is 22.7 Å². The molecule has 3 aromatic rings. The number of hydrogen-bond donors (Lipinski definition) is 2. The molecule has 1 aliphatic carbocycles. The predicted molar refractivity (Wildman–Crippen MR) is 104 cm³/mol. The highest BCUT2D eigenvalue weighted by molar-refractivity contribution is 7.13. The molecule has 1 aromatic carbocycles. The van der Waals surface area contributed by atoms with Gasteiger partial charge in [-0.15, -0.1) is 11.3 Å². The van der Waals surface area contributed by atoms with Gasteiger partial charge in [0.1, 0.15) is 5.82 Å². The summed E-state index contributed by atoms with van der Waals surface area (Å²) in [5.41, 5.74) is 1.92. The fourth-order valence-electron chi connectivity index (χ4n) is 3.36. The number of halogens is 3. The Balaban J connectivity index is 1.27. The Morgan fingerprint density at radius 2 is 2.14 bits per heavy atom. The molecule has 0 bridgehead atoms. The summed E-state index contributed by atoms with van der Waals surface area (Å²) in [6.07, 6.45) is -3.06. The summed E-state index contributed by atoms with van der Waals surface area (Å²) in [5, 5.41) is 3.10. The topological polar surface area (TPSA) is 67.0 Å². The van der Waals surface area contributed by atoms with Gasteiger partial charge in [0.2, 0.25) is 5.91 Å². The van der Waals surface area contributed by atoms with Gasteiger partial charge in [-0.3, -0.25) is 4.79 Å². The third-order valence-electron chi connectivity index (χ3n) is 4.91. The molecule has 2 N–H and O–H groups in total. The number of benzene rings is 1. The van der Waals surface area contributed by atoms with Crippen molar-refractivity contribution >= 4 is 28.3 Å². The monoisotopic (exact) mass is 423 g/mol. The van der Waals surface area contributed by atoms with E-state index in [1.54, 1.807) is 13.0 Å². The fourth-order valence-corrected chi connectivity index (χ4v) is 4.22. The highest BCUT2D eigenvalue weighted by atomic mass is 32.1. The lowest BCUT2D eigenvalue weighted by molar-refractivity contribution is -0.152. The summed E-state index contributed by atoms with van der Waals surface area (Å²) in [5.74, 6) is 1.35. The number of imidazole rings is 1. The molecule has 29 heavy (non-hydrogen) atoms.